The second-order valence-corrected chi connectivity index (χ2v) is 10.6. The van der Waals surface area contributed by atoms with Crippen molar-refractivity contribution in [3.63, 3.8) is 0 Å². The van der Waals surface area contributed by atoms with Gasteiger partial charge in [-0.3, -0.25) is 9.59 Å². The van der Waals surface area contributed by atoms with Gasteiger partial charge in [0.25, 0.3) is 5.91 Å². The number of piperazine rings is 1. The summed E-state index contributed by atoms with van der Waals surface area (Å²) in [6.07, 6.45) is 0.647. The van der Waals surface area contributed by atoms with Crippen molar-refractivity contribution in [2.75, 3.05) is 19.6 Å². The van der Waals surface area contributed by atoms with Gasteiger partial charge in [-0.1, -0.05) is 71.7 Å². The van der Waals surface area contributed by atoms with Gasteiger partial charge in [-0.2, -0.15) is 0 Å². The van der Waals surface area contributed by atoms with Crippen LogP contribution in [-0.4, -0.2) is 46.2 Å². The average Bonchev–Trinajstić information content (AvgIpc) is 3.28. The number of fused-ring (bicyclic) bond motifs is 5. The molecule has 3 heterocycles. The lowest BCUT2D eigenvalue weighted by Crippen LogP contribution is -2.67. The van der Waals surface area contributed by atoms with Crippen LogP contribution < -0.4 is 0 Å². The van der Waals surface area contributed by atoms with Crippen molar-refractivity contribution in [3.05, 3.63) is 105 Å². The zero-order chi connectivity index (χ0) is 25.0. The predicted molar refractivity (Wildman–Crippen MR) is 142 cm³/mol. The summed E-state index contributed by atoms with van der Waals surface area (Å²) >= 11 is 12.7. The van der Waals surface area contributed by atoms with Crippen LogP contribution in [0.25, 0.3) is 10.9 Å². The van der Waals surface area contributed by atoms with E-state index in [-0.39, 0.29) is 24.3 Å². The van der Waals surface area contributed by atoms with E-state index < -0.39 is 5.54 Å². The number of para-hydroxylation sites is 1. The number of hydrogen-bond acceptors (Lipinski definition) is 2. The monoisotopic (exact) mass is 517 g/mol. The van der Waals surface area contributed by atoms with Crippen LogP contribution >= 0.6 is 23.2 Å². The van der Waals surface area contributed by atoms with E-state index in [2.05, 4.69) is 11.1 Å². The Labute approximate surface area is 219 Å². The summed E-state index contributed by atoms with van der Waals surface area (Å²) in [5.74, 6) is -0.272. The van der Waals surface area contributed by atoms with Crippen LogP contribution in [0.5, 0.6) is 0 Å². The molecule has 0 aliphatic carbocycles. The summed E-state index contributed by atoms with van der Waals surface area (Å²) in [5.41, 5.74) is 3.66. The molecule has 7 heteroatoms. The van der Waals surface area contributed by atoms with Crippen LogP contribution in [0.3, 0.4) is 0 Å². The van der Waals surface area contributed by atoms with Crippen molar-refractivity contribution >= 4 is 45.9 Å². The summed E-state index contributed by atoms with van der Waals surface area (Å²) in [6.45, 7) is 2.79. The zero-order valence-corrected chi connectivity index (χ0v) is 21.3. The van der Waals surface area contributed by atoms with Gasteiger partial charge in [-0.05, 0) is 54.3 Å². The lowest BCUT2D eigenvalue weighted by atomic mass is 9.76. The molecule has 0 saturated carbocycles. The number of aromatic nitrogens is 1. The number of H-pyrrole nitrogens is 1. The number of nitrogens with zero attached hydrogens (tertiary/aromatic N) is 2. The normalized spacial score (nSPS) is 21.6. The Morgan fingerprint density at radius 2 is 1.69 bits per heavy atom. The Bertz CT molecular complexity index is 1500. The van der Waals surface area contributed by atoms with Crippen LogP contribution in [0, 0.1) is 0 Å². The van der Waals surface area contributed by atoms with E-state index in [9.17, 15) is 9.59 Å². The van der Waals surface area contributed by atoms with Crippen molar-refractivity contribution in [2.45, 2.75) is 24.8 Å². The average molecular weight is 518 g/mol. The first-order valence-corrected chi connectivity index (χ1v) is 12.8. The molecule has 2 aliphatic heterocycles. The molecule has 0 unspecified atom stereocenters. The first kappa shape index (κ1) is 23.1. The van der Waals surface area contributed by atoms with Crippen molar-refractivity contribution in [1.29, 1.82) is 0 Å². The molecule has 6 rings (SSSR count). The fraction of sp³-hybridized carbons (Fsp3) is 0.241. The third kappa shape index (κ3) is 3.53. The van der Waals surface area contributed by atoms with Gasteiger partial charge >= 0.3 is 0 Å². The van der Waals surface area contributed by atoms with Crippen molar-refractivity contribution in [3.8, 4) is 0 Å². The van der Waals surface area contributed by atoms with E-state index in [1.54, 1.807) is 9.80 Å². The first-order chi connectivity index (χ1) is 17.4. The Hall–Kier alpha value is -3.28. The molecule has 4 aromatic rings. The van der Waals surface area contributed by atoms with Crippen molar-refractivity contribution < 1.29 is 9.59 Å². The third-order valence-corrected chi connectivity index (χ3v) is 8.28. The maximum atomic E-state index is 14.1. The minimum atomic E-state index is -1.12. The maximum absolute atomic E-state index is 14.1. The molecular formula is C29H25Cl2N3O2. The third-order valence-electron chi connectivity index (χ3n) is 7.68. The number of carbonyl (C=O) groups is 2. The van der Waals surface area contributed by atoms with E-state index in [4.69, 9.17) is 23.2 Å². The minimum absolute atomic E-state index is 0.0606. The quantitative estimate of drug-likeness (QED) is 0.374. The van der Waals surface area contributed by atoms with Crippen LogP contribution in [0.4, 0.5) is 0 Å². The number of halogens is 2. The number of aromatic amines is 1. The standard InChI is InChI=1S/C29H25Cl2N3O2/c1-29-27-26(21-7-3-5-9-24(21)32-27)22(20-6-2-4-8-23(20)31)16-34(29)25(35)17-33(28(29)36)15-14-18-10-12-19(30)13-11-18/h2-13,22,32H,14-17H2,1H3/t22-,29-/m0/s1. The van der Waals surface area contributed by atoms with E-state index >= 15 is 0 Å². The first-order valence-electron chi connectivity index (χ1n) is 12.1. The molecule has 182 valence electrons. The lowest BCUT2D eigenvalue weighted by molar-refractivity contribution is -0.166. The molecule has 36 heavy (non-hydrogen) atoms. The highest BCUT2D eigenvalue weighted by atomic mass is 35.5. The molecule has 0 spiro atoms. The Morgan fingerprint density at radius 1 is 0.972 bits per heavy atom. The maximum Gasteiger partial charge on any atom is 0.254 e. The molecule has 2 aliphatic rings. The molecule has 1 aromatic heterocycles. The second kappa shape index (κ2) is 8.68. The van der Waals surface area contributed by atoms with Gasteiger partial charge in [0.1, 0.15) is 0 Å². The van der Waals surface area contributed by atoms with Gasteiger partial charge in [-0.15, -0.1) is 0 Å². The molecule has 1 N–H and O–H groups in total. The molecule has 2 amide bonds. The number of amides is 2. The zero-order valence-electron chi connectivity index (χ0n) is 19.8. The van der Waals surface area contributed by atoms with E-state index in [1.807, 2.05) is 73.7 Å². The van der Waals surface area contributed by atoms with Crippen LogP contribution in [0.15, 0.2) is 72.8 Å². The molecule has 2 atom stereocenters. The number of benzene rings is 3. The van der Waals surface area contributed by atoms with Gasteiger partial charge in [-0.25, -0.2) is 0 Å². The van der Waals surface area contributed by atoms with Gasteiger partial charge < -0.3 is 14.8 Å². The molecule has 0 bridgehead atoms. The molecule has 1 fully saturated rings. The number of nitrogens with one attached hydrogen (secondary N) is 1. The van der Waals surface area contributed by atoms with E-state index in [0.29, 0.717) is 29.6 Å². The van der Waals surface area contributed by atoms with Crippen LogP contribution in [0.2, 0.25) is 10.0 Å². The summed E-state index contributed by atoms with van der Waals surface area (Å²) in [4.78, 5) is 34.7. The van der Waals surface area contributed by atoms with Crippen LogP contribution in [0.1, 0.15) is 35.2 Å². The summed E-state index contributed by atoms with van der Waals surface area (Å²) in [6, 6.07) is 23.4. The summed E-state index contributed by atoms with van der Waals surface area (Å²) in [5, 5.41) is 2.38. The molecule has 3 aromatic carbocycles. The van der Waals surface area contributed by atoms with Crippen molar-refractivity contribution in [1.82, 2.24) is 14.8 Å². The Morgan fingerprint density at radius 3 is 2.47 bits per heavy atom. The highest BCUT2D eigenvalue weighted by molar-refractivity contribution is 6.31. The highest BCUT2D eigenvalue weighted by Crippen LogP contribution is 2.49. The Kier molecular flexibility index (Phi) is 5.58. The largest absolute Gasteiger partial charge is 0.356 e. The highest BCUT2D eigenvalue weighted by Gasteiger charge is 2.56. The SMILES string of the molecule is C[C@]12C(=O)N(CCc3ccc(Cl)cc3)CC(=O)N1C[C@@H](c1ccccc1Cl)c1c2[nH]c2ccccc12. The molecule has 5 nitrogen and oxygen atoms in total. The Balaban J connectivity index is 1.44. The van der Waals surface area contributed by atoms with E-state index in [1.165, 1.54) is 0 Å². The number of hydrogen-bond donors (Lipinski definition) is 1. The topological polar surface area (TPSA) is 56.4 Å². The van der Waals surface area contributed by atoms with Gasteiger partial charge in [0, 0.05) is 40.0 Å². The van der Waals surface area contributed by atoms with Gasteiger partial charge in [0.05, 0.1) is 12.2 Å². The second-order valence-electron chi connectivity index (χ2n) is 9.71. The molecule has 1 saturated heterocycles. The lowest BCUT2D eigenvalue weighted by Gasteiger charge is -2.51. The molecular weight excluding hydrogens is 493 g/mol. The van der Waals surface area contributed by atoms with E-state index in [0.717, 1.165) is 33.3 Å². The summed E-state index contributed by atoms with van der Waals surface area (Å²) in [7, 11) is 0. The fourth-order valence-electron chi connectivity index (χ4n) is 5.81. The fourth-order valence-corrected chi connectivity index (χ4v) is 6.20. The minimum Gasteiger partial charge on any atom is -0.356 e. The number of carbonyl (C=O) groups excluding carboxylic acids is 2. The number of rotatable bonds is 4. The van der Waals surface area contributed by atoms with Gasteiger partial charge in [0.15, 0.2) is 5.54 Å². The predicted octanol–water partition coefficient (Wildman–Crippen LogP) is 5.75. The smallest absolute Gasteiger partial charge is 0.254 e. The van der Waals surface area contributed by atoms with Crippen molar-refractivity contribution in [2.24, 2.45) is 0 Å². The van der Waals surface area contributed by atoms with Crippen LogP contribution in [-0.2, 0) is 21.5 Å². The summed E-state index contributed by atoms with van der Waals surface area (Å²) < 4.78 is 0. The molecule has 0 radical (unpaired) electrons. The van der Waals surface area contributed by atoms with Gasteiger partial charge in [0.2, 0.25) is 5.91 Å².